The van der Waals surface area contributed by atoms with E-state index in [0.717, 1.165) is 10.0 Å². The van der Waals surface area contributed by atoms with E-state index >= 15 is 0 Å². The van der Waals surface area contributed by atoms with E-state index in [2.05, 4.69) is 15.9 Å². The molecule has 0 saturated carbocycles. The third-order valence-electron chi connectivity index (χ3n) is 2.27. The van der Waals surface area contributed by atoms with Crippen LogP contribution in [0.15, 0.2) is 15.2 Å². The number of carboxylic acid groups (broad SMARTS) is 1. The summed E-state index contributed by atoms with van der Waals surface area (Å²) in [4.78, 5) is 10.7. The Morgan fingerprint density at radius 3 is 2.54 bits per heavy atom. The van der Waals surface area contributed by atoms with E-state index in [9.17, 15) is 4.79 Å². The number of carboxylic acids is 1. The number of halogens is 1. The second-order valence-corrected chi connectivity index (χ2v) is 4.69. The molecule has 0 aromatic carbocycles. The van der Waals surface area contributed by atoms with Gasteiger partial charge in [0.1, 0.15) is 0 Å². The van der Waals surface area contributed by atoms with Gasteiger partial charge in [-0.25, -0.2) is 0 Å². The van der Waals surface area contributed by atoms with Crippen LogP contribution in [0.4, 0.5) is 0 Å². The number of aliphatic carboxylic acids is 1. The van der Waals surface area contributed by atoms with Crippen LogP contribution in [0.1, 0.15) is 25.3 Å². The standard InChI is InChI=1S/C9H11BrO2S/c1-5(6(2)9(11)12)7-3-13-4-8(7)10/h3-6H,1-2H3,(H,11,12). The topological polar surface area (TPSA) is 37.3 Å². The molecule has 1 rings (SSSR count). The molecule has 0 radical (unpaired) electrons. The van der Waals surface area contributed by atoms with Crippen LogP contribution < -0.4 is 0 Å². The van der Waals surface area contributed by atoms with Crippen molar-refractivity contribution in [3.05, 3.63) is 20.8 Å². The lowest BCUT2D eigenvalue weighted by Gasteiger charge is -2.15. The molecule has 1 heterocycles. The Balaban J connectivity index is 2.85. The number of hydrogen-bond donors (Lipinski definition) is 1. The van der Waals surface area contributed by atoms with Gasteiger partial charge in [0, 0.05) is 9.85 Å². The number of hydrogen-bond acceptors (Lipinski definition) is 2. The molecule has 0 spiro atoms. The zero-order valence-electron chi connectivity index (χ0n) is 7.45. The van der Waals surface area contributed by atoms with Gasteiger partial charge in [0.05, 0.1) is 5.92 Å². The highest BCUT2D eigenvalue weighted by Crippen LogP contribution is 2.32. The molecule has 0 bridgehead atoms. The summed E-state index contributed by atoms with van der Waals surface area (Å²) in [6.45, 7) is 3.67. The first-order chi connectivity index (χ1) is 6.04. The van der Waals surface area contributed by atoms with Gasteiger partial charge in [-0.2, -0.15) is 11.3 Å². The van der Waals surface area contributed by atoms with Gasteiger partial charge in [-0.05, 0) is 32.8 Å². The third-order valence-corrected chi connectivity index (χ3v) is 4.02. The summed E-state index contributed by atoms with van der Waals surface area (Å²) in [6, 6.07) is 0. The van der Waals surface area contributed by atoms with Crippen LogP contribution in [-0.2, 0) is 4.79 Å². The van der Waals surface area contributed by atoms with E-state index in [1.807, 2.05) is 17.7 Å². The Bertz CT molecular complexity index is 308. The predicted molar refractivity (Wildman–Crippen MR) is 57.2 cm³/mol. The summed E-state index contributed by atoms with van der Waals surface area (Å²) in [5, 5.41) is 12.8. The van der Waals surface area contributed by atoms with Crippen LogP contribution in [0, 0.1) is 5.92 Å². The fraction of sp³-hybridized carbons (Fsp3) is 0.444. The van der Waals surface area contributed by atoms with E-state index in [4.69, 9.17) is 5.11 Å². The van der Waals surface area contributed by atoms with Gasteiger partial charge in [0.15, 0.2) is 0 Å². The number of thiophene rings is 1. The molecule has 0 aliphatic rings. The van der Waals surface area contributed by atoms with Gasteiger partial charge in [-0.15, -0.1) is 0 Å². The van der Waals surface area contributed by atoms with E-state index in [1.54, 1.807) is 18.3 Å². The van der Waals surface area contributed by atoms with Gasteiger partial charge in [-0.3, -0.25) is 4.79 Å². The molecule has 2 unspecified atom stereocenters. The molecule has 0 aliphatic heterocycles. The number of carbonyl (C=O) groups is 1. The lowest BCUT2D eigenvalue weighted by atomic mass is 9.91. The lowest BCUT2D eigenvalue weighted by Crippen LogP contribution is -2.16. The van der Waals surface area contributed by atoms with Gasteiger partial charge in [0.2, 0.25) is 0 Å². The minimum absolute atomic E-state index is 0.0538. The van der Waals surface area contributed by atoms with Crippen molar-refractivity contribution in [3.63, 3.8) is 0 Å². The summed E-state index contributed by atoms with van der Waals surface area (Å²) in [5.74, 6) is -1.03. The van der Waals surface area contributed by atoms with Gasteiger partial charge in [0.25, 0.3) is 0 Å². The maximum atomic E-state index is 10.7. The monoisotopic (exact) mass is 262 g/mol. The van der Waals surface area contributed by atoms with Crippen molar-refractivity contribution < 1.29 is 9.90 Å². The SMILES string of the molecule is CC(C(=O)O)C(C)c1cscc1Br. The average Bonchev–Trinajstić information content (AvgIpc) is 2.48. The first-order valence-electron chi connectivity index (χ1n) is 3.98. The maximum absolute atomic E-state index is 10.7. The smallest absolute Gasteiger partial charge is 0.306 e. The maximum Gasteiger partial charge on any atom is 0.306 e. The molecule has 0 saturated heterocycles. The Morgan fingerprint density at radius 1 is 1.54 bits per heavy atom. The highest BCUT2D eigenvalue weighted by atomic mass is 79.9. The quantitative estimate of drug-likeness (QED) is 0.908. The minimum Gasteiger partial charge on any atom is -0.481 e. The molecular formula is C9H11BrO2S. The Morgan fingerprint density at radius 2 is 2.15 bits per heavy atom. The fourth-order valence-corrected chi connectivity index (χ4v) is 2.86. The zero-order chi connectivity index (χ0) is 10.0. The van der Waals surface area contributed by atoms with Crippen LogP contribution in [0.5, 0.6) is 0 Å². The van der Waals surface area contributed by atoms with E-state index in [1.165, 1.54) is 0 Å². The van der Waals surface area contributed by atoms with Crippen LogP contribution in [-0.4, -0.2) is 11.1 Å². The van der Waals surface area contributed by atoms with Crippen molar-refractivity contribution in [3.8, 4) is 0 Å². The van der Waals surface area contributed by atoms with Crippen LogP contribution >= 0.6 is 27.3 Å². The third kappa shape index (κ3) is 2.31. The van der Waals surface area contributed by atoms with E-state index in [0.29, 0.717) is 0 Å². The molecule has 13 heavy (non-hydrogen) atoms. The molecule has 1 aromatic rings. The first-order valence-corrected chi connectivity index (χ1v) is 5.72. The molecule has 4 heteroatoms. The van der Waals surface area contributed by atoms with Gasteiger partial charge < -0.3 is 5.11 Å². The lowest BCUT2D eigenvalue weighted by molar-refractivity contribution is -0.141. The van der Waals surface area contributed by atoms with Crippen molar-refractivity contribution in [1.82, 2.24) is 0 Å². The second kappa shape index (κ2) is 4.24. The number of rotatable bonds is 3. The first kappa shape index (κ1) is 10.7. The molecule has 2 atom stereocenters. The molecular weight excluding hydrogens is 252 g/mol. The van der Waals surface area contributed by atoms with Crippen LogP contribution in [0.3, 0.4) is 0 Å². The van der Waals surface area contributed by atoms with Crippen molar-refractivity contribution in [2.75, 3.05) is 0 Å². The Labute approximate surface area is 89.7 Å². The van der Waals surface area contributed by atoms with Crippen molar-refractivity contribution >= 4 is 33.2 Å². The average molecular weight is 263 g/mol. The second-order valence-electron chi connectivity index (χ2n) is 3.09. The molecule has 1 N–H and O–H groups in total. The van der Waals surface area contributed by atoms with E-state index in [-0.39, 0.29) is 11.8 Å². The van der Waals surface area contributed by atoms with Crippen molar-refractivity contribution in [2.24, 2.45) is 5.92 Å². The van der Waals surface area contributed by atoms with Crippen molar-refractivity contribution in [2.45, 2.75) is 19.8 Å². The molecule has 1 aromatic heterocycles. The highest BCUT2D eigenvalue weighted by molar-refractivity contribution is 9.10. The normalized spacial score (nSPS) is 15.3. The molecule has 72 valence electrons. The van der Waals surface area contributed by atoms with E-state index < -0.39 is 5.97 Å². The zero-order valence-corrected chi connectivity index (χ0v) is 9.85. The molecule has 2 nitrogen and oxygen atoms in total. The summed E-state index contributed by atoms with van der Waals surface area (Å²) in [7, 11) is 0. The van der Waals surface area contributed by atoms with Crippen LogP contribution in [0.25, 0.3) is 0 Å². The highest BCUT2D eigenvalue weighted by Gasteiger charge is 2.22. The summed E-state index contributed by atoms with van der Waals surface area (Å²) >= 11 is 4.99. The summed E-state index contributed by atoms with van der Waals surface area (Å²) in [6.07, 6.45) is 0. The molecule has 0 amide bonds. The van der Waals surface area contributed by atoms with Crippen LogP contribution in [0.2, 0.25) is 0 Å². The minimum atomic E-state index is -0.745. The van der Waals surface area contributed by atoms with Crippen molar-refractivity contribution in [1.29, 1.82) is 0 Å². The summed E-state index contributed by atoms with van der Waals surface area (Å²) < 4.78 is 1.01. The largest absolute Gasteiger partial charge is 0.481 e. The molecule has 0 fully saturated rings. The summed E-state index contributed by atoms with van der Waals surface area (Å²) in [5.41, 5.74) is 1.08. The predicted octanol–water partition coefficient (Wildman–Crippen LogP) is 3.33. The Kier molecular flexibility index (Phi) is 3.50. The van der Waals surface area contributed by atoms with Gasteiger partial charge >= 0.3 is 5.97 Å². The Hall–Kier alpha value is -0.350. The van der Waals surface area contributed by atoms with Gasteiger partial charge in [-0.1, -0.05) is 13.8 Å². The fourth-order valence-electron chi connectivity index (χ4n) is 1.10. The molecule has 0 aliphatic carbocycles.